The second-order valence-corrected chi connectivity index (χ2v) is 6.84. The summed E-state index contributed by atoms with van der Waals surface area (Å²) in [5.74, 6) is 1.19. The van der Waals surface area contributed by atoms with Gasteiger partial charge in [-0.3, -0.25) is 0 Å². The van der Waals surface area contributed by atoms with E-state index in [2.05, 4.69) is 11.4 Å². The van der Waals surface area contributed by atoms with Crippen molar-refractivity contribution in [1.29, 1.82) is 0 Å². The van der Waals surface area contributed by atoms with E-state index in [0.717, 1.165) is 24.4 Å². The van der Waals surface area contributed by atoms with E-state index in [0.29, 0.717) is 6.42 Å². The molecular weight excluding hydrogens is 238 g/mol. The van der Waals surface area contributed by atoms with Gasteiger partial charge in [-0.1, -0.05) is 12.1 Å². The van der Waals surface area contributed by atoms with Gasteiger partial charge in [-0.2, -0.15) is 0 Å². The van der Waals surface area contributed by atoms with Crippen molar-refractivity contribution in [3.05, 3.63) is 23.8 Å². The van der Waals surface area contributed by atoms with Crippen LogP contribution in [0.3, 0.4) is 0 Å². The Balaban J connectivity index is 1.80. The Morgan fingerprint density at radius 3 is 3.00 bits per heavy atom. The number of para-hydroxylation sites is 1. The molecule has 1 unspecified atom stereocenters. The molecule has 3 rings (SSSR count). The van der Waals surface area contributed by atoms with Gasteiger partial charge in [0.15, 0.2) is 9.84 Å². The molecule has 0 radical (unpaired) electrons. The van der Waals surface area contributed by atoms with Gasteiger partial charge in [0.1, 0.15) is 11.9 Å². The first-order valence-corrected chi connectivity index (χ1v) is 7.69. The quantitative estimate of drug-likeness (QED) is 0.861. The monoisotopic (exact) mass is 253 g/mol. The molecule has 0 bridgehead atoms. The number of anilines is 1. The van der Waals surface area contributed by atoms with Crippen LogP contribution in [0, 0.1) is 0 Å². The van der Waals surface area contributed by atoms with E-state index in [1.54, 1.807) is 0 Å². The van der Waals surface area contributed by atoms with E-state index in [1.165, 1.54) is 5.56 Å². The van der Waals surface area contributed by atoms with E-state index in [1.807, 2.05) is 12.1 Å². The number of sulfone groups is 1. The summed E-state index contributed by atoms with van der Waals surface area (Å²) >= 11 is 0. The van der Waals surface area contributed by atoms with Crippen LogP contribution in [0.15, 0.2) is 18.2 Å². The number of rotatable bonds is 2. The second-order valence-electron chi connectivity index (χ2n) is 4.61. The van der Waals surface area contributed by atoms with Crippen molar-refractivity contribution in [2.24, 2.45) is 0 Å². The maximum atomic E-state index is 11.4. The van der Waals surface area contributed by atoms with E-state index in [4.69, 9.17) is 4.74 Å². The second kappa shape index (κ2) is 3.91. The van der Waals surface area contributed by atoms with Gasteiger partial charge in [0.05, 0.1) is 17.2 Å². The molecule has 17 heavy (non-hydrogen) atoms. The summed E-state index contributed by atoms with van der Waals surface area (Å²) < 4.78 is 28.6. The highest BCUT2D eigenvalue weighted by molar-refractivity contribution is 7.91. The molecule has 1 N–H and O–H groups in total. The minimum atomic E-state index is -2.88. The maximum absolute atomic E-state index is 11.4. The van der Waals surface area contributed by atoms with Crippen LogP contribution >= 0.6 is 0 Å². The first kappa shape index (κ1) is 10.9. The first-order chi connectivity index (χ1) is 8.14. The molecule has 5 heteroatoms. The van der Waals surface area contributed by atoms with Gasteiger partial charge in [-0.05, 0) is 24.5 Å². The minimum Gasteiger partial charge on any atom is -0.487 e. The lowest BCUT2D eigenvalue weighted by Crippen LogP contribution is -2.18. The third kappa shape index (κ3) is 2.11. The fourth-order valence-corrected chi connectivity index (χ4v) is 4.03. The molecule has 92 valence electrons. The smallest absolute Gasteiger partial charge is 0.154 e. The molecule has 0 aromatic heterocycles. The molecule has 1 atom stereocenters. The minimum absolute atomic E-state index is 0.149. The van der Waals surface area contributed by atoms with E-state index >= 15 is 0 Å². The first-order valence-electron chi connectivity index (χ1n) is 5.87. The van der Waals surface area contributed by atoms with Crippen LogP contribution < -0.4 is 10.1 Å². The van der Waals surface area contributed by atoms with Crippen LogP contribution in [0.1, 0.15) is 12.0 Å². The number of hydrogen-bond donors (Lipinski definition) is 1. The van der Waals surface area contributed by atoms with E-state index < -0.39 is 9.84 Å². The maximum Gasteiger partial charge on any atom is 0.154 e. The Morgan fingerprint density at radius 2 is 2.24 bits per heavy atom. The van der Waals surface area contributed by atoms with E-state index in [-0.39, 0.29) is 17.6 Å². The molecule has 4 nitrogen and oxygen atoms in total. The van der Waals surface area contributed by atoms with Crippen molar-refractivity contribution in [3.8, 4) is 5.75 Å². The molecule has 1 fully saturated rings. The van der Waals surface area contributed by atoms with Gasteiger partial charge in [0, 0.05) is 6.54 Å². The standard InChI is InChI=1S/C12H15NO3S/c14-17(15)7-5-10(8-17)16-11-3-1-2-9-4-6-13-12(9)11/h1-3,10,13H,4-8H2. The van der Waals surface area contributed by atoms with Crippen LogP contribution in [0.5, 0.6) is 5.75 Å². The molecule has 1 aromatic carbocycles. The summed E-state index contributed by atoms with van der Waals surface area (Å²) in [6, 6.07) is 5.94. The highest BCUT2D eigenvalue weighted by atomic mass is 32.2. The van der Waals surface area contributed by atoms with Crippen LogP contribution in [-0.2, 0) is 16.3 Å². The average molecular weight is 253 g/mol. The lowest BCUT2D eigenvalue weighted by molar-refractivity contribution is 0.230. The zero-order chi connectivity index (χ0) is 11.9. The number of nitrogens with one attached hydrogen (secondary N) is 1. The van der Waals surface area contributed by atoms with Crippen molar-refractivity contribution in [1.82, 2.24) is 0 Å². The van der Waals surface area contributed by atoms with Gasteiger partial charge >= 0.3 is 0 Å². The van der Waals surface area contributed by atoms with Crippen LogP contribution in [0.4, 0.5) is 5.69 Å². The predicted molar refractivity (Wildman–Crippen MR) is 66.3 cm³/mol. The van der Waals surface area contributed by atoms with Gasteiger partial charge in [0.25, 0.3) is 0 Å². The third-order valence-electron chi connectivity index (χ3n) is 3.29. The van der Waals surface area contributed by atoms with Crippen molar-refractivity contribution < 1.29 is 13.2 Å². The summed E-state index contributed by atoms with van der Waals surface area (Å²) in [6.45, 7) is 0.929. The van der Waals surface area contributed by atoms with Gasteiger partial charge in [-0.15, -0.1) is 0 Å². The number of ether oxygens (including phenoxy) is 1. The third-order valence-corrected chi connectivity index (χ3v) is 5.03. The van der Waals surface area contributed by atoms with Crippen LogP contribution in [0.2, 0.25) is 0 Å². The van der Waals surface area contributed by atoms with Crippen molar-refractivity contribution in [2.45, 2.75) is 18.9 Å². The van der Waals surface area contributed by atoms with Gasteiger partial charge in [0.2, 0.25) is 0 Å². The molecule has 2 aliphatic rings. The van der Waals surface area contributed by atoms with Crippen molar-refractivity contribution in [3.63, 3.8) is 0 Å². The highest BCUT2D eigenvalue weighted by Gasteiger charge is 2.30. The van der Waals surface area contributed by atoms with Crippen LogP contribution in [-0.4, -0.2) is 32.6 Å². The van der Waals surface area contributed by atoms with Crippen molar-refractivity contribution in [2.75, 3.05) is 23.4 Å². The summed E-state index contributed by atoms with van der Waals surface area (Å²) in [5, 5.41) is 3.29. The zero-order valence-electron chi connectivity index (χ0n) is 9.48. The molecule has 0 amide bonds. The summed E-state index contributed by atoms with van der Waals surface area (Å²) in [6.07, 6.45) is 1.43. The molecular formula is C12H15NO3S. The summed E-state index contributed by atoms with van der Waals surface area (Å²) in [4.78, 5) is 0. The van der Waals surface area contributed by atoms with Gasteiger partial charge < -0.3 is 10.1 Å². The molecule has 0 spiro atoms. The Labute approximate surface area is 101 Å². The lowest BCUT2D eigenvalue weighted by Gasteiger charge is -2.15. The summed E-state index contributed by atoms with van der Waals surface area (Å²) in [7, 11) is -2.88. The molecule has 0 aliphatic carbocycles. The Hall–Kier alpha value is -1.23. The van der Waals surface area contributed by atoms with Gasteiger partial charge in [-0.25, -0.2) is 8.42 Å². The zero-order valence-corrected chi connectivity index (χ0v) is 10.3. The molecule has 2 heterocycles. The number of hydrogen-bond acceptors (Lipinski definition) is 4. The molecule has 1 saturated heterocycles. The summed E-state index contributed by atoms with van der Waals surface area (Å²) in [5.41, 5.74) is 2.29. The largest absolute Gasteiger partial charge is 0.487 e. The number of benzene rings is 1. The lowest BCUT2D eigenvalue weighted by atomic mass is 10.1. The normalized spacial score (nSPS) is 25.3. The Morgan fingerprint density at radius 1 is 1.35 bits per heavy atom. The molecule has 1 aromatic rings. The van der Waals surface area contributed by atoms with Crippen LogP contribution in [0.25, 0.3) is 0 Å². The number of fused-ring (bicyclic) bond motifs is 1. The topological polar surface area (TPSA) is 55.4 Å². The Kier molecular flexibility index (Phi) is 2.50. The molecule has 2 aliphatic heterocycles. The molecule has 0 saturated carbocycles. The fraction of sp³-hybridized carbons (Fsp3) is 0.500. The van der Waals surface area contributed by atoms with Crippen molar-refractivity contribution >= 4 is 15.5 Å². The highest BCUT2D eigenvalue weighted by Crippen LogP contribution is 2.34. The predicted octanol–water partition coefficient (Wildman–Crippen LogP) is 1.22. The Bertz CT molecular complexity index is 539. The fourth-order valence-electron chi connectivity index (χ4n) is 2.44. The average Bonchev–Trinajstić information content (AvgIpc) is 2.85. The van der Waals surface area contributed by atoms with E-state index in [9.17, 15) is 8.42 Å². The SMILES string of the molecule is O=S1(=O)CCC(Oc2cccc3c2NCC3)C1.